The highest BCUT2D eigenvalue weighted by atomic mass is 16.6. The van der Waals surface area contributed by atoms with Gasteiger partial charge in [-0.25, -0.2) is 9.48 Å². The standard InChI is InChI=1S/C24H23N7O4/c32-23(25-17-10-12-20(13-11-17)31(34)35)16-28-14-18(26-27-28)15-29-21-8-4-5-9-22(21)30(24(29)33)19-6-2-1-3-7-19/h4-6,8-14H,1-3,7,15-16H2,(H,25,32). The van der Waals surface area contributed by atoms with Crippen molar-refractivity contribution in [1.82, 2.24) is 24.1 Å². The minimum atomic E-state index is -0.503. The fraction of sp³-hybridized carbons (Fsp3) is 0.250. The molecule has 11 nitrogen and oxygen atoms in total. The Morgan fingerprint density at radius 1 is 1.09 bits per heavy atom. The molecular weight excluding hydrogens is 450 g/mol. The van der Waals surface area contributed by atoms with Gasteiger partial charge in [0.15, 0.2) is 0 Å². The van der Waals surface area contributed by atoms with Crippen LogP contribution in [0.4, 0.5) is 11.4 Å². The third kappa shape index (κ3) is 4.60. The fourth-order valence-corrected chi connectivity index (χ4v) is 4.33. The second-order valence-electron chi connectivity index (χ2n) is 8.39. The molecule has 2 heterocycles. The monoisotopic (exact) mass is 473 g/mol. The van der Waals surface area contributed by atoms with Gasteiger partial charge in [-0.15, -0.1) is 5.10 Å². The van der Waals surface area contributed by atoms with Crippen LogP contribution in [0.1, 0.15) is 31.4 Å². The van der Waals surface area contributed by atoms with Crippen LogP contribution in [-0.2, 0) is 17.9 Å². The molecule has 0 radical (unpaired) electrons. The second kappa shape index (κ2) is 9.37. The number of hydrogen-bond acceptors (Lipinski definition) is 6. The average Bonchev–Trinajstić information content (AvgIpc) is 3.41. The minimum absolute atomic E-state index is 0.0553. The number of nitro groups is 1. The first-order chi connectivity index (χ1) is 17.0. The van der Waals surface area contributed by atoms with Crippen molar-refractivity contribution in [1.29, 1.82) is 0 Å². The van der Waals surface area contributed by atoms with Gasteiger partial charge in [0.2, 0.25) is 5.91 Å². The Bertz CT molecular complexity index is 1490. The Balaban J connectivity index is 1.33. The van der Waals surface area contributed by atoms with Crippen LogP contribution in [0, 0.1) is 10.1 Å². The molecule has 2 aromatic heterocycles. The Morgan fingerprint density at radius 2 is 1.86 bits per heavy atom. The first-order valence-electron chi connectivity index (χ1n) is 11.3. The van der Waals surface area contributed by atoms with E-state index in [4.69, 9.17) is 0 Å². The van der Waals surface area contributed by atoms with Crippen LogP contribution >= 0.6 is 0 Å². The lowest BCUT2D eigenvalue weighted by Gasteiger charge is -2.13. The fourth-order valence-electron chi connectivity index (χ4n) is 4.33. The molecule has 0 atom stereocenters. The molecule has 5 rings (SSSR count). The number of para-hydroxylation sites is 2. The number of non-ortho nitro benzene ring substituents is 1. The van der Waals surface area contributed by atoms with Crippen molar-refractivity contribution in [2.75, 3.05) is 5.32 Å². The first-order valence-corrected chi connectivity index (χ1v) is 11.3. The van der Waals surface area contributed by atoms with Gasteiger partial charge < -0.3 is 5.32 Å². The number of carbonyl (C=O) groups excluding carboxylic acids is 1. The summed E-state index contributed by atoms with van der Waals surface area (Å²) in [6.45, 7) is 0.136. The van der Waals surface area contributed by atoms with E-state index in [1.165, 1.54) is 28.9 Å². The zero-order valence-electron chi connectivity index (χ0n) is 18.8. The van der Waals surface area contributed by atoms with Crippen molar-refractivity contribution < 1.29 is 9.72 Å². The maximum absolute atomic E-state index is 13.4. The molecule has 35 heavy (non-hydrogen) atoms. The highest BCUT2D eigenvalue weighted by Gasteiger charge is 2.18. The van der Waals surface area contributed by atoms with Crippen molar-refractivity contribution in [3.63, 3.8) is 0 Å². The van der Waals surface area contributed by atoms with Crippen LogP contribution in [0.3, 0.4) is 0 Å². The Kier molecular flexibility index (Phi) is 5.96. The molecule has 2 aromatic carbocycles. The third-order valence-corrected chi connectivity index (χ3v) is 5.96. The van der Waals surface area contributed by atoms with Gasteiger partial charge >= 0.3 is 5.69 Å². The Hall–Kier alpha value is -4.54. The molecule has 178 valence electrons. The first kappa shape index (κ1) is 22.3. The summed E-state index contributed by atoms with van der Waals surface area (Å²) in [6.07, 6.45) is 7.81. The van der Waals surface area contributed by atoms with Crippen molar-refractivity contribution in [2.24, 2.45) is 0 Å². The maximum atomic E-state index is 13.4. The summed E-state index contributed by atoms with van der Waals surface area (Å²) in [7, 11) is 0. The lowest BCUT2D eigenvalue weighted by molar-refractivity contribution is -0.384. The summed E-state index contributed by atoms with van der Waals surface area (Å²) in [5.74, 6) is -0.353. The molecule has 0 saturated carbocycles. The summed E-state index contributed by atoms with van der Waals surface area (Å²) >= 11 is 0. The predicted molar refractivity (Wildman–Crippen MR) is 130 cm³/mol. The van der Waals surface area contributed by atoms with Crippen LogP contribution in [0.15, 0.2) is 65.6 Å². The predicted octanol–water partition coefficient (Wildman–Crippen LogP) is 3.40. The van der Waals surface area contributed by atoms with E-state index in [1.54, 1.807) is 15.3 Å². The van der Waals surface area contributed by atoms with E-state index < -0.39 is 4.92 Å². The zero-order chi connectivity index (χ0) is 24.4. The van der Waals surface area contributed by atoms with Crippen LogP contribution in [0.25, 0.3) is 16.7 Å². The summed E-state index contributed by atoms with van der Waals surface area (Å²) in [4.78, 5) is 36.0. The Morgan fingerprint density at radius 3 is 2.57 bits per heavy atom. The van der Waals surface area contributed by atoms with E-state index in [9.17, 15) is 19.7 Å². The summed E-state index contributed by atoms with van der Waals surface area (Å²) in [5.41, 5.74) is 3.52. The van der Waals surface area contributed by atoms with Crippen molar-refractivity contribution >= 4 is 34.0 Å². The number of aromatic nitrogens is 5. The number of nitrogens with one attached hydrogen (secondary N) is 1. The summed E-state index contributed by atoms with van der Waals surface area (Å²) in [6, 6.07) is 13.3. The smallest absolute Gasteiger partial charge is 0.324 e. The molecule has 11 heteroatoms. The van der Waals surface area contributed by atoms with Gasteiger partial charge in [0.05, 0.1) is 28.7 Å². The summed E-state index contributed by atoms with van der Waals surface area (Å²) < 4.78 is 4.86. The average molecular weight is 473 g/mol. The lowest BCUT2D eigenvalue weighted by Crippen LogP contribution is -2.25. The van der Waals surface area contributed by atoms with E-state index in [0.717, 1.165) is 42.4 Å². The van der Waals surface area contributed by atoms with Gasteiger partial charge in [0.25, 0.3) is 5.69 Å². The van der Waals surface area contributed by atoms with Crippen LogP contribution in [-0.4, -0.2) is 35.0 Å². The quantitative estimate of drug-likeness (QED) is 0.323. The van der Waals surface area contributed by atoms with Crippen molar-refractivity contribution in [2.45, 2.75) is 38.8 Å². The number of carbonyl (C=O) groups is 1. The van der Waals surface area contributed by atoms with Crippen molar-refractivity contribution in [3.05, 3.63) is 87.1 Å². The van der Waals surface area contributed by atoms with Gasteiger partial charge in [-0.05, 0) is 49.9 Å². The Labute approximate surface area is 199 Å². The maximum Gasteiger partial charge on any atom is 0.333 e. The van der Waals surface area contributed by atoms with E-state index >= 15 is 0 Å². The van der Waals surface area contributed by atoms with Gasteiger partial charge in [0.1, 0.15) is 12.2 Å². The molecule has 1 aliphatic rings. The SMILES string of the molecule is O=C(Cn1cc(Cn2c(=O)n(C3=CCCCC3)c3ccccc32)nn1)Nc1ccc([N+](=O)[O-])cc1. The normalized spacial score (nSPS) is 13.5. The largest absolute Gasteiger partial charge is 0.333 e. The number of imidazole rings is 1. The minimum Gasteiger partial charge on any atom is -0.324 e. The van der Waals surface area contributed by atoms with Gasteiger partial charge in [-0.2, -0.15) is 0 Å². The topological polar surface area (TPSA) is 130 Å². The number of nitrogens with zero attached hydrogens (tertiary/aromatic N) is 6. The number of anilines is 1. The number of benzene rings is 2. The zero-order valence-corrected chi connectivity index (χ0v) is 18.8. The molecule has 0 bridgehead atoms. The number of amides is 1. The van der Waals surface area contributed by atoms with Gasteiger partial charge in [-0.1, -0.05) is 23.4 Å². The van der Waals surface area contributed by atoms with Gasteiger partial charge in [0, 0.05) is 23.5 Å². The molecule has 0 aliphatic heterocycles. The second-order valence-corrected chi connectivity index (χ2v) is 8.39. The highest BCUT2D eigenvalue weighted by Crippen LogP contribution is 2.25. The molecule has 4 aromatic rings. The molecule has 1 amide bonds. The van der Waals surface area contributed by atoms with E-state index in [2.05, 4.69) is 21.7 Å². The van der Waals surface area contributed by atoms with Crippen molar-refractivity contribution in [3.8, 4) is 0 Å². The molecule has 0 saturated heterocycles. The number of allylic oxidation sites excluding steroid dienone is 2. The molecule has 0 unspecified atom stereocenters. The highest BCUT2D eigenvalue weighted by molar-refractivity contribution is 5.90. The summed E-state index contributed by atoms with van der Waals surface area (Å²) in [5, 5.41) is 21.6. The van der Waals surface area contributed by atoms with Crippen LogP contribution in [0.2, 0.25) is 0 Å². The number of rotatable bonds is 7. The number of fused-ring (bicyclic) bond motifs is 1. The van der Waals surface area contributed by atoms with Crippen LogP contribution in [0.5, 0.6) is 0 Å². The molecule has 1 aliphatic carbocycles. The van der Waals surface area contributed by atoms with Crippen LogP contribution < -0.4 is 11.0 Å². The third-order valence-electron chi connectivity index (χ3n) is 5.96. The molecule has 0 fully saturated rings. The van der Waals surface area contributed by atoms with Gasteiger partial charge in [-0.3, -0.25) is 24.0 Å². The molecular formula is C24H23N7O4. The van der Waals surface area contributed by atoms with E-state index in [0.29, 0.717) is 11.4 Å². The van der Waals surface area contributed by atoms with E-state index in [-0.39, 0.29) is 30.4 Å². The number of nitro benzene ring substituents is 1. The molecule has 0 spiro atoms. The molecule has 1 N–H and O–H groups in total. The van der Waals surface area contributed by atoms with E-state index in [1.807, 2.05) is 24.3 Å². The lowest BCUT2D eigenvalue weighted by atomic mass is 10.0. The number of hydrogen-bond donors (Lipinski definition) is 1.